The summed E-state index contributed by atoms with van der Waals surface area (Å²) < 4.78 is 36.7. The SMILES string of the molecule is FC(F)(F)CNc1ncc(Br)cc1Br. The smallest absolute Gasteiger partial charge is 0.360 e. The van der Waals surface area contributed by atoms with Gasteiger partial charge in [0.2, 0.25) is 0 Å². The Balaban J connectivity index is 2.68. The van der Waals surface area contributed by atoms with Gasteiger partial charge in [-0.15, -0.1) is 0 Å². The molecule has 0 unspecified atom stereocenters. The molecular formula is C7H5Br2F3N2. The molecule has 1 rings (SSSR count). The molecule has 0 aromatic carbocycles. The van der Waals surface area contributed by atoms with Crippen LogP contribution in [0.5, 0.6) is 0 Å². The van der Waals surface area contributed by atoms with E-state index >= 15 is 0 Å². The van der Waals surface area contributed by atoms with Crippen LogP contribution in [0.2, 0.25) is 0 Å². The van der Waals surface area contributed by atoms with E-state index in [4.69, 9.17) is 0 Å². The van der Waals surface area contributed by atoms with Gasteiger partial charge in [-0.2, -0.15) is 13.2 Å². The topological polar surface area (TPSA) is 24.9 Å². The number of hydrogen-bond donors (Lipinski definition) is 1. The van der Waals surface area contributed by atoms with Gasteiger partial charge in [-0.05, 0) is 37.9 Å². The Morgan fingerprint density at radius 3 is 2.50 bits per heavy atom. The highest BCUT2D eigenvalue weighted by Gasteiger charge is 2.27. The number of nitrogens with one attached hydrogen (secondary N) is 1. The summed E-state index contributed by atoms with van der Waals surface area (Å²) in [5, 5.41) is 2.18. The van der Waals surface area contributed by atoms with Crippen LogP contribution < -0.4 is 5.32 Å². The highest BCUT2D eigenvalue weighted by Crippen LogP contribution is 2.24. The van der Waals surface area contributed by atoms with Crippen molar-refractivity contribution in [1.29, 1.82) is 0 Å². The molecule has 0 aliphatic carbocycles. The molecule has 0 saturated heterocycles. The zero-order valence-corrected chi connectivity index (χ0v) is 9.87. The number of alkyl halides is 3. The molecule has 0 radical (unpaired) electrons. The first-order chi connectivity index (χ1) is 6.38. The van der Waals surface area contributed by atoms with E-state index in [0.717, 1.165) is 0 Å². The van der Waals surface area contributed by atoms with Crippen LogP contribution in [0.25, 0.3) is 0 Å². The quantitative estimate of drug-likeness (QED) is 0.894. The van der Waals surface area contributed by atoms with E-state index in [1.165, 1.54) is 6.20 Å². The van der Waals surface area contributed by atoms with Gasteiger partial charge in [0.1, 0.15) is 12.4 Å². The highest BCUT2D eigenvalue weighted by molar-refractivity contribution is 9.11. The number of halogens is 5. The fourth-order valence-electron chi connectivity index (χ4n) is 0.729. The van der Waals surface area contributed by atoms with Gasteiger partial charge in [0.25, 0.3) is 0 Å². The lowest BCUT2D eigenvalue weighted by Crippen LogP contribution is -2.21. The molecule has 0 saturated carbocycles. The van der Waals surface area contributed by atoms with Gasteiger partial charge < -0.3 is 5.32 Å². The van der Waals surface area contributed by atoms with Gasteiger partial charge in [-0.1, -0.05) is 0 Å². The molecule has 2 nitrogen and oxygen atoms in total. The summed E-state index contributed by atoms with van der Waals surface area (Å²) in [4.78, 5) is 3.78. The lowest BCUT2D eigenvalue weighted by molar-refractivity contribution is -0.115. The molecule has 7 heteroatoms. The van der Waals surface area contributed by atoms with Crippen LogP contribution in [0.1, 0.15) is 0 Å². The van der Waals surface area contributed by atoms with Crippen LogP contribution in [-0.2, 0) is 0 Å². The van der Waals surface area contributed by atoms with E-state index in [-0.39, 0.29) is 5.82 Å². The van der Waals surface area contributed by atoms with E-state index in [1.54, 1.807) is 6.07 Å². The van der Waals surface area contributed by atoms with Crippen LogP contribution >= 0.6 is 31.9 Å². The molecule has 1 N–H and O–H groups in total. The molecule has 1 heterocycles. The number of nitrogens with zero attached hydrogens (tertiary/aromatic N) is 1. The third-order valence-electron chi connectivity index (χ3n) is 1.26. The van der Waals surface area contributed by atoms with Crippen LogP contribution in [0.4, 0.5) is 19.0 Å². The van der Waals surface area contributed by atoms with Gasteiger partial charge in [-0.3, -0.25) is 0 Å². The Bertz CT molecular complexity index is 327. The van der Waals surface area contributed by atoms with Crippen molar-refractivity contribution in [2.45, 2.75) is 6.18 Å². The monoisotopic (exact) mass is 332 g/mol. The fourth-order valence-corrected chi connectivity index (χ4v) is 1.86. The van der Waals surface area contributed by atoms with Crippen molar-refractivity contribution in [3.05, 3.63) is 21.2 Å². The van der Waals surface area contributed by atoms with Crippen LogP contribution in [-0.4, -0.2) is 17.7 Å². The van der Waals surface area contributed by atoms with E-state index in [2.05, 4.69) is 42.2 Å². The molecule has 0 aliphatic rings. The summed E-state index contributed by atoms with van der Waals surface area (Å²) in [5.41, 5.74) is 0. The molecule has 0 fully saturated rings. The average molecular weight is 334 g/mol. The van der Waals surface area contributed by atoms with Crippen molar-refractivity contribution >= 4 is 37.7 Å². The molecule has 14 heavy (non-hydrogen) atoms. The molecule has 0 aliphatic heterocycles. The van der Waals surface area contributed by atoms with Crippen LogP contribution in [0.3, 0.4) is 0 Å². The Hall–Kier alpha value is -0.300. The van der Waals surface area contributed by atoms with Gasteiger partial charge in [0, 0.05) is 10.7 Å². The maximum absolute atomic E-state index is 11.8. The normalized spacial score (nSPS) is 11.5. The molecule has 78 valence electrons. The zero-order chi connectivity index (χ0) is 10.8. The minimum atomic E-state index is -4.24. The van der Waals surface area contributed by atoms with Crippen molar-refractivity contribution in [3.63, 3.8) is 0 Å². The van der Waals surface area contributed by atoms with E-state index in [1.807, 2.05) is 0 Å². The van der Waals surface area contributed by atoms with Crippen molar-refractivity contribution < 1.29 is 13.2 Å². The molecule has 1 aromatic rings. The average Bonchev–Trinajstić information content (AvgIpc) is 2.00. The second kappa shape index (κ2) is 4.48. The molecule has 0 amide bonds. The molecule has 1 aromatic heterocycles. The first-order valence-electron chi connectivity index (χ1n) is 3.50. The summed E-state index contributed by atoms with van der Waals surface area (Å²) in [6.07, 6.45) is -2.82. The maximum Gasteiger partial charge on any atom is 0.405 e. The van der Waals surface area contributed by atoms with E-state index < -0.39 is 12.7 Å². The molecular weight excluding hydrogens is 329 g/mol. The van der Waals surface area contributed by atoms with Gasteiger partial charge in [-0.25, -0.2) is 4.98 Å². The summed E-state index contributed by atoms with van der Waals surface area (Å²) in [7, 11) is 0. The number of hydrogen-bond acceptors (Lipinski definition) is 2. The van der Waals surface area contributed by atoms with Gasteiger partial charge >= 0.3 is 6.18 Å². The standard InChI is InChI=1S/C7H5Br2F3N2/c8-4-1-5(9)6(13-2-4)14-3-7(10,11)12/h1-2H,3H2,(H,13,14). The van der Waals surface area contributed by atoms with Crippen molar-refractivity contribution in [2.24, 2.45) is 0 Å². The zero-order valence-electron chi connectivity index (χ0n) is 6.70. The van der Waals surface area contributed by atoms with Crippen molar-refractivity contribution in [1.82, 2.24) is 4.98 Å². The van der Waals surface area contributed by atoms with Crippen molar-refractivity contribution in [2.75, 3.05) is 11.9 Å². The maximum atomic E-state index is 11.8. The number of pyridine rings is 1. The van der Waals surface area contributed by atoms with Crippen LogP contribution in [0, 0.1) is 0 Å². The summed E-state index contributed by atoms with van der Waals surface area (Å²) in [5.74, 6) is 0.172. The minimum absolute atomic E-state index is 0.172. The first-order valence-corrected chi connectivity index (χ1v) is 5.09. The minimum Gasteiger partial charge on any atom is -0.360 e. The molecule has 0 atom stereocenters. The summed E-state index contributed by atoms with van der Waals surface area (Å²) >= 11 is 6.24. The predicted octanol–water partition coefficient (Wildman–Crippen LogP) is 3.58. The first kappa shape index (κ1) is 11.8. The summed E-state index contributed by atoms with van der Waals surface area (Å²) in [6.45, 7) is -1.10. The third kappa shape index (κ3) is 3.83. The lowest BCUT2D eigenvalue weighted by atomic mass is 10.4. The Morgan fingerprint density at radius 1 is 1.36 bits per heavy atom. The Kier molecular flexibility index (Phi) is 3.77. The second-order valence-electron chi connectivity index (χ2n) is 2.45. The number of anilines is 1. The predicted molar refractivity (Wildman–Crippen MR) is 54.2 cm³/mol. The highest BCUT2D eigenvalue weighted by atomic mass is 79.9. The van der Waals surface area contributed by atoms with Crippen molar-refractivity contribution in [3.8, 4) is 0 Å². The fraction of sp³-hybridized carbons (Fsp3) is 0.286. The number of aromatic nitrogens is 1. The largest absolute Gasteiger partial charge is 0.405 e. The molecule has 0 bridgehead atoms. The Labute approximate surface area is 95.2 Å². The van der Waals surface area contributed by atoms with Gasteiger partial charge in [0.15, 0.2) is 0 Å². The van der Waals surface area contributed by atoms with E-state index in [9.17, 15) is 13.2 Å². The van der Waals surface area contributed by atoms with Crippen LogP contribution in [0.15, 0.2) is 21.2 Å². The lowest BCUT2D eigenvalue weighted by Gasteiger charge is -2.09. The second-order valence-corrected chi connectivity index (χ2v) is 4.22. The Morgan fingerprint density at radius 2 is 2.00 bits per heavy atom. The third-order valence-corrected chi connectivity index (χ3v) is 2.30. The summed E-state index contributed by atoms with van der Waals surface area (Å²) in [6, 6.07) is 1.62. The van der Waals surface area contributed by atoms with Gasteiger partial charge in [0.05, 0.1) is 4.47 Å². The van der Waals surface area contributed by atoms with E-state index in [0.29, 0.717) is 8.95 Å². The molecule has 0 spiro atoms. The number of rotatable bonds is 2.